The summed E-state index contributed by atoms with van der Waals surface area (Å²) in [4.78, 5) is 9.48. The van der Waals surface area contributed by atoms with Crippen molar-refractivity contribution in [3.8, 4) is 5.75 Å². The average Bonchev–Trinajstić information content (AvgIpc) is 2.14. The highest BCUT2D eigenvalue weighted by atomic mass is 32.2. The van der Waals surface area contributed by atoms with E-state index in [1.54, 1.807) is 0 Å². The smallest absolute Gasteiger partial charge is 0.271 e. The van der Waals surface area contributed by atoms with Crippen LogP contribution in [0.5, 0.6) is 5.75 Å². The van der Waals surface area contributed by atoms with Crippen molar-refractivity contribution in [2.45, 2.75) is 11.8 Å². The minimum atomic E-state index is -4.05. The van der Waals surface area contributed by atoms with Crippen LogP contribution in [0, 0.1) is 17.0 Å². The van der Waals surface area contributed by atoms with Crippen molar-refractivity contribution in [3.63, 3.8) is 0 Å². The molecule has 88 valence electrons. The third-order valence-corrected chi connectivity index (χ3v) is 2.86. The van der Waals surface area contributed by atoms with E-state index in [9.17, 15) is 18.5 Å². The number of hydrogen-bond donors (Lipinski definition) is 1. The summed E-state index contributed by atoms with van der Waals surface area (Å²) in [7, 11) is -2.79. The van der Waals surface area contributed by atoms with E-state index in [1.165, 1.54) is 20.1 Å². The SMILES string of the molecule is COc1c(C)cc([N+](=O)[O-])cc1S(N)(=O)=O. The first-order valence-electron chi connectivity index (χ1n) is 4.13. The van der Waals surface area contributed by atoms with E-state index in [1.807, 2.05) is 0 Å². The van der Waals surface area contributed by atoms with Crippen LogP contribution in [0.2, 0.25) is 0 Å². The maximum absolute atomic E-state index is 11.2. The molecule has 0 unspecified atom stereocenters. The number of ether oxygens (including phenoxy) is 1. The van der Waals surface area contributed by atoms with Crippen LogP contribution >= 0.6 is 0 Å². The Kier molecular flexibility index (Phi) is 3.15. The van der Waals surface area contributed by atoms with Gasteiger partial charge in [0, 0.05) is 12.1 Å². The van der Waals surface area contributed by atoms with Gasteiger partial charge in [0.1, 0.15) is 10.6 Å². The molecule has 0 aliphatic rings. The molecule has 0 atom stereocenters. The molecule has 1 aromatic carbocycles. The second-order valence-corrected chi connectivity index (χ2v) is 4.63. The van der Waals surface area contributed by atoms with Gasteiger partial charge in [0.25, 0.3) is 5.69 Å². The number of sulfonamides is 1. The van der Waals surface area contributed by atoms with Gasteiger partial charge in [-0.2, -0.15) is 0 Å². The summed E-state index contributed by atoms with van der Waals surface area (Å²) in [6.07, 6.45) is 0. The summed E-state index contributed by atoms with van der Waals surface area (Å²) >= 11 is 0. The molecule has 0 aromatic heterocycles. The molecule has 0 saturated carbocycles. The summed E-state index contributed by atoms with van der Waals surface area (Å²) in [6, 6.07) is 2.09. The number of nitrogens with zero attached hydrogens (tertiary/aromatic N) is 1. The first-order chi connectivity index (χ1) is 7.27. The van der Waals surface area contributed by atoms with Gasteiger partial charge in [-0.1, -0.05) is 0 Å². The number of benzene rings is 1. The number of nitrogens with two attached hydrogens (primary N) is 1. The summed E-state index contributed by atoms with van der Waals surface area (Å²) < 4.78 is 27.3. The van der Waals surface area contributed by atoms with Crippen LogP contribution in [0.15, 0.2) is 17.0 Å². The van der Waals surface area contributed by atoms with Gasteiger partial charge < -0.3 is 4.74 Å². The van der Waals surface area contributed by atoms with Gasteiger partial charge >= 0.3 is 0 Å². The van der Waals surface area contributed by atoms with E-state index >= 15 is 0 Å². The van der Waals surface area contributed by atoms with Crippen LogP contribution < -0.4 is 9.88 Å². The van der Waals surface area contributed by atoms with E-state index in [0.29, 0.717) is 5.56 Å². The third kappa shape index (κ3) is 2.28. The molecule has 1 rings (SSSR count). The summed E-state index contributed by atoms with van der Waals surface area (Å²) in [5.41, 5.74) is -0.0111. The Morgan fingerprint density at radius 2 is 2.00 bits per heavy atom. The van der Waals surface area contributed by atoms with Crippen molar-refractivity contribution in [3.05, 3.63) is 27.8 Å². The zero-order valence-corrected chi connectivity index (χ0v) is 9.45. The van der Waals surface area contributed by atoms with Crippen LogP contribution in [0.3, 0.4) is 0 Å². The molecule has 0 aliphatic heterocycles. The minimum Gasteiger partial charge on any atom is -0.495 e. The molecule has 0 spiro atoms. The molecule has 0 saturated heterocycles. The Morgan fingerprint density at radius 3 is 2.38 bits per heavy atom. The lowest BCUT2D eigenvalue weighted by Gasteiger charge is -2.09. The first-order valence-corrected chi connectivity index (χ1v) is 5.68. The molecule has 0 fully saturated rings. The fraction of sp³-hybridized carbons (Fsp3) is 0.250. The first kappa shape index (κ1) is 12.4. The fourth-order valence-electron chi connectivity index (χ4n) is 1.30. The lowest BCUT2D eigenvalue weighted by Crippen LogP contribution is -2.14. The summed E-state index contributed by atoms with van der Waals surface area (Å²) in [6.45, 7) is 1.50. The largest absolute Gasteiger partial charge is 0.495 e. The van der Waals surface area contributed by atoms with Crippen molar-refractivity contribution in [1.29, 1.82) is 0 Å². The van der Waals surface area contributed by atoms with Crippen LogP contribution in [0.4, 0.5) is 5.69 Å². The van der Waals surface area contributed by atoms with Crippen molar-refractivity contribution >= 4 is 15.7 Å². The van der Waals surface area contributed by atoms with Crippen molar-refractivity contribution in [1.82, 2.24) is 0 Å². The molecule has 0 bridgehead atoms. The van der Waals surface area contributed by atoms with E-state index < -0.39 is 14.9 Å². The summed E-state index contributed by atoms with van der Waals surface area (Å²) in [5.74, 6) is 0.0214. The molecular formula is C8H10N2O5S. The quantitative estimate of drug-likeness (QED) is 0.618. The molecule has 0 aliphatic carbocycles. The predicted octanol–water partition coefficient (Wildman–Crippen LogP) is 0.559. The van der Waals surface area contributed by atoms with Crippen LogP contribution in [0.25, 0.3) is 0 Å². The van der Waals surface area contributed by atoms with Crippen LogP contribution in [0.1, 0.15) is 5.56 Å². The second kappa shape index (κ2) is 4.06. The molecule has 1 aromatic rings. The number of methoxy groups -OCH3 is 1. The maximum Gasteiger partial charge on any atom is 0.271 e. The predicted molar refractivity (Wildman–Crippen MR) is 55.8 cm³/mol. The normalized spacial score (nSPS) is 11.2. The number of rotatable bonds is 3. The molecule has 16 heavy (non-hydrogen) atoms. The lowest BCUT2D eigenvalue weighted by atomic mass is 10.2. The zero-order chi connectivity index (χ0) is 12.5. The van der Waals surface area contributed by atoms with Gasteiger partial charge in [-0.15, -0.1) is 0 Å². The molecular weight excluding hydrogens is 236 g/mol. The van der Waals surface area contributed by atoms with Gasteiger partial charge in [-0.05, 0) is 12.5 Å². The van der Waals surface area contributed by atoms with Crippen molar-refractivity contribution in [2.24, 2.45) is 5.14 Å². The standard InChI is InChI=1S/C8H10N2O5S/c1-5-3-6(10(11)12)4-7(8(5)15-2)16(9,13)14/h3-4H,1-2H3,(H2,9,13,14). The van der Waals surface area contributed by atoms with Gasteiger partial charge in [0.2, 0.25) is 10.0 Å². The molecule has 2 N–H and O–H groups in total. The second-order valence-electron chi connectivity index (χ2n) is 3.10. The molecule has 0 heterocycles. The van der Waals surface area contributed by atoms with Crippen LogP contribution in [-0.2, 0) is 10.0 Å². The third-order valence-electron chi connectivity index (χ3n) is 1.95. The highest BCUT2D eigenvalue weighted by molar-refractivity contribution is 7.89. The summed E-state index contributed by atoms with van der Waals surface area (Å²) in [5, 5.41) is 15.5. The average molecular weight is 246 g/mol. The van der Waals surface area contributed by atoms with Crippen LogP contribution in [-0.4, -0.2) is 20.5 Å². The number of hydrogen-bond acceptors (Lipinski definition) is 5. The zero-order valence-electron chi connectivity index (χ0n) is 8.63. The lowest BCUT2D eigenvalue weighted by molar-refractivity contribution is -0.385. The van der Waals surface area contributed by atoms with E-state index in [0.717, 1.165) is 6.07 Å². The molecule has 0 amide bonds. The Morgan fingerprint density at radius 1 is 1.44 bits per heavy atom. The highest BCUT2D eigenvalue weighted by Crippen LogP contribution is 2.31. The van der Waals surface area contributed by atoms with Gasteiger partial charge in [-0.3, -0.25) is 10.1 Å². The number of nitro groups is 1. The van der Waals surface area contributed by atoms with Gasteiger partial charge in [0.15, 0.2) is 0 Å². The maximum atomic E-state index is 11.2. The Balaban J connectivity index is 3.62. The minimum absolute atomic E-state index is 0.0214. The molecule has 0 radical (unpaired) electrons. The van der Waals surface area contributed by atoms with Gasteiger partial charge in [-0.25, -0.2) is 13.6 Å². The molecule has 7 nitrogen and oxygen atoms in total. The van der Waals surface area contributed by atoms with Crippen molar-refractivity contribution < 1.29 is 18.1 Å². The monoisotopic (exact) mass is 246 g/mol. The number of non-ortho nitro benzene ring substituents is 1. The van der Waals surface area contributed by atoms with E-state index in [4.69, 9.17) is 9.88 Å². The Hall–Kier alpha value is -1.67. The topological polar surface area (TPSA) is 113 Å². The number of aryl methyl sites for hydroxylation is 1. The Bertz CT molecular complexity index is 538. The Labute approximate surface area is 92.0 Å². The van der Waals surface area contributed by atoms with Gasteiger partial charge in [0.05, 0.1) is 12.0 Å². The van der Waals surface area contributed by atoms with Crippen molar-refractivity contribution in [2.75, 3.05) is 7.11 Å². The molecule has 8 heteroatoms. The number of primary sulfonamides is 1. The fourth-order valence-corrected chi connectivity index (χ4v) is 2.09. The number of nitro benzene ring substituents is 1. The van der Waals surface area contributed by atoms with E-state index in [-0.39, 0.29) is 16.3 Å². The van der Waals surface area contributed by atoms with E-state index in [2.05, 4.69) is 0 Å². The highest BCUT2D eigenvalue weighted by Gasteiger charge is 2.22.